The van der Waals surface area contributed by atoms with Crippen LogP contribution in [0.25, 0.3) is 0 Å². The average molecular weight is 439 g/mol. The van der Waals surface area contributed by atoms with Crippen LogP contribution in [0.15, 0.2) is 45.7 Å². The first-order valence-corrected chi connectivity index (χ1v) is 12.4. The molecule has 2 atom stereocenters. The molecule has 7 heteroatoms. The van der Waals surface area contributed by atoms with Crippen molar-refractivity contribution in [2.75, 3.05) is 12.0 Å². The molecule has 0 radical (unpaired) electrons. The average Bonchev–Trinajstić information content (AvgIpc) is 3.04. The Morgan fingerprint density at radius 1 is 1.29 bits per heavy atom. The fourth-order valence-corrected chi connectivity index (χ4v) is 6.22. The van der Waals surface area contributed by atoms with E-state index < -0.39 is 15.6 Å². The molecule has 0 N–H and O–H groups in total. The third-order valence-electron chi connectivity index (χ3n) is 5.29. The third kappa shape index (κ3) is 4.29. The minimum atomic E-state index is -3.43. The minimum absolute atomic E-state index is 0.0501. The van der Waals surface area contributed by atoms with Gasteiger partial charge in [0.15, 0.2) is 21.4 Å². The van der Waals surface area contributed by atoms with Crippen molar-refractivity contribution in [2.45, 2.75) is 37.5 Å². The van der Waals surface area contributed by atoms with Crippen LogP contribution in [0.3, 0.4) is 0 Å². The molecule has 1 saturated carbocycles. The summed E-state index contributed by atoms with van der Waals surface area (Å²) >= 11 is 7.81. The van der Waals surface area contributed by atoms with E-state index in [-0.39, 0.29) is 38.7 Å². The Balaban J connectivity index is 2.00. The maximum Gasteiger partial charge on any atom is 0.198 e. The van der Waals surface area contributed by atoms with E-state index in [0.717, 1.165) is 48.2 Å². The number of hydrogen-bond acceptors (Lipinski definition) is 5. The largest absolute Gasteiger partial charge is 0.294 e. The predicted molar refractivity (Wildman–Crippen MR) is 114 cm³/mol. The lowest BCUT2D eigenvalue weighted by molar-refractivity contribution is -0.119. The molecule has 1 aromatic rings. The molecule has 1 fully saturated rings. The second-order valence-electron chi connectivity index (χ2n) is 7.61. The first-order chi connectivity index (χ1) is 13.1. The van der Waals surface area contributed by atoms with Crippen molar-refractivity contribution in [1.82, 2.24) is 0 Å². The highest BCUT2D eigenvalue weighted by atomic mass is 35.5. The molecule has 28 heavy (non-hydrogen) atoms. The Labute approximate surface area is 175 Å². The van der Waals surface area contributed by atoms with Crippen LogP contribution in [0.4, 0.5) is 0 Å². The van der Waals surface area contributed by atoms with E-state index in [1.54, 1.807) is 11.8 Å². The van der Waals surface area contributed by atoms with Crippen LogP contribution < -0.4 is 0 Å². The first kappa shape index (κ1) is 21.3. The molecular formula is C21H23ClO4S2. The second kappa shape index (κ2) is 8.17. The molecule has 0 saturated heterocycles. The highest BCUT2D eigenvalue weighted by molar-refractivity contribution is 8.03. The lowest BCUT2D eigenvalue weighted by Gasteiger charge is -2.24. The summed E-state index contributed by atoms with van der Waals surface area (Å²) in [5.41, 5.74) is 1.49. The summed E-state index contributed by atoms with van der Waals surface area (Å²) < 4.78 is 23.4. The first-order valence-electron chi connectivity index (χ1n) is 9.19. The number of rotatable bonds is 7. The van der Waals surface area contributed by atoms with Crippen molar-refractivity contribution in [3.8, 4) is 0 Å². The van der Waals surface area contributed by atoms with E-state index in [1.165, 1.54) is 18.2 Å². The van der Waals surface area contributed by atoms with Crippen LogP contribution in [0.5, 0.6) is 0 Å². The minimum Gasteiger partial charge on any atom is -0.294 e. The standard InChI is InChI=1S/C21H23ClO4S2/c1-12(2)8-9-27-21-14-5-4-13(10-14)19(23)18(21)20(24)16-7-6-15(11-17(16)22)28(3,25)26/h6-7,11,13-14H,1,4-5,8-10H2,2-3H3/t13-,14+/m0/s1. The molecule has 2 aliphatic rings. The van der Waals surface area contributed by atoms with E-state index in [2.05, 4.69) is 6.58 Å². The van der Waals surface area contributed by atoms with Crippen molar-refractivity contribution in [2.24, 2.45) is 11.8 Å². The molecule has 2 aliphatic carbocycles. The van der Waals surface area contributed by atoms with Gasteiger partial charge in [-0.2, -0.15) is 0 Å². The van der Waals surface area contributed by atoms with E-state index in [0.29, 0.717) is 0 Å². The molecule has 0 spiro atoms. The predicted octanol–water partition coefficient (Wildman–Crippen LogP) is 4.88. The number of carbonyl (C=O) groups excluding carboxylic acids is 2. The summed E-state index contributed by atoms with van der Waals surface area (Å²) in [5, 5.41) is 0.0532. The van der Waals surface area contributed by atoms with Crippen LogP contribution >= 0.6 is 23.4 Å². The van der Waals surface area contributed by atoms with E-state index in [4.69, 9.17) is 11.6 Å². The number of Topliss-reactive ketones (excluding diaryl/α,β-unsaturated/α-hetero) is 2. The molecule has 0 amide bonds. The Kier molecular flexibility index (Phi) is 6.23. The molecule has 1 aromatic carbocycles. The van der Waals surface area contributed by atoms with Crippen LogP contribution in [0, 0.1) is 11.8 Å². The van der Waals surface area contributed by atoms with Crippen molar-refractivity contribution in [1.29, 1.82) is 0 Å². The van der Waals surface area contributed by atoms with Gasteiger partial charge < -0.3 is 0 Å². The number of thioether (sulfide) groups is 1. The highest BCUT2D eigenvalue weighted by Gasteiger charge is 2.43. The quantitative estimate of drug-likeness (QED) is 0.345. The number of hydrogen-bond donors (Lipinski definition) is 0. The zero-order chi connectivity index (χ0) is 20.6. The van der Waals surface area contributed by atoms with E-state index >= 15 is 0 Å². The molecule has 2 bridgehead atoms. The van der Waals surface area contributed by atoms with Gasteiger partial charge in [-0.15, -0.1) is 18.3 Å². The number of fused-ring (bicyclic) bond motifs is 2. The number of sulfone groups is 1. The van der Waals surface area contributed by atoms with Gasteiger partial charge in [0.1, 0.15) is 0 Å². The van der Waals surface area contributed by atoms with Crippen LogP contribution in [-0.4, -0.2) is 32.0 Å². The topological polar surface area (TPSA) is 68.3 Å². The number of halogens is 1. The van der Waals surface area contributed by atoms with Gasteiger partial charge in [0, 0.05) is 28.4 Å². The van der Waals surface area contributed by atoms with Gasteiger partial charge in [0.2, 0.25) is 0 Å². The molecule has 0 heterocycles. The summed E-state index contributed by atoms with van der Waals surface area (Å²) in [6.07, 6.45) is 4.45. The molecule has 3 rings (SSSR count). The number of allylic oxidation sites excluding steroid dienone is 3. The summed E-state index contributed by atoms with van der Waals surface area (Å²) in [4.78, 5) is 27.2. The zero-order valence-electron chi connectivity index (χ0n) is 16.0. The molecule has 0 aliphatic heterocycles. The van der Waals surface area contributed by atoms with Crippen LogP contribution in [-0.2, 0) is 14.6 Å². The number of ketones is 2. The summed E-state index contributed by atoms with van der Waals surface area (Å²) in [5.74, 6) is 0.426. The van der Waals surface area contributed by atoms with Gasteiger partial charge in [-0.1, -0.05) is 17.2 Å². The fourth-order valence-electron chi connectivity index (χ4n) is 3.78. The van der Waals surface area contributed by atoms with Crippen molar-refractivity contribution < 1.29 is 18.0 Å². The Bertz CT molecular complexity index is 992. The summed E-state index contributed by atoms with van der Waals surface area (Å²) in [6.45, 7) is 5.87. The Morgan fingerprint density at radius 3 is 2.57 bits per heavy atom. The van der Waals surface area contributed by atoms with Crippen LogP contribution in [0.1, 0.15) is 43.0 Å². The lowest BCUT2D eigenvalue weighted by Crippen LogP contribution is -2.26. The molecule has 0 aromatic heterocycles. The van der Waals surface area contributed by atoms with Gasteiger partial charge in [0.25, 0.3) is 0 Å². The maximum absolute atomic E-state index is 13.3. The normalized spacial score (nSPS) is 21.9. The summed E-state index contributed by atoms with van der Waals surface area (Å²) in [7, 11) is -3.43. The van der Waals surface area contributed by atoms with Gasteiger partial charge in [-0.25, -0.2) is 8.42 Å². The monoisotopic (exact) mass is 438 g/mol. The molecular weight excluding hydrogens is 416 g/mol. The lowest BCUT2D eigenvalue weighted by atomic mass is 9.84. The van der Waals surface area contributed by atoms with Crippen LogP contribution in [0.2, 0.25) is 5.02 Å². The second-order valence-corrected chi connectivity index (χ2v) is 11.2. The molecule has 0 unspecified atom stereocenters. The number of benzene rings is 1. The van der Waals surface area contributed by atoms with Gasteiger partial charge in [0.05, 0.1) is 15.5 Å². The van der Waals surface area contributed by atoms with E-state index in [1.807, 2.05) is 6.92 Å². The van der Waals surface area contributed by atoms with Gasteiger partial charge in [-0.3, -0.25) is 9.59 Å². The zero-order valence-corrected chi connectivity index (χ0v) is 18.3. The summed E-state index contributed by atoms with van der Waals surface area (Å²) in [6, 6.07) is 4.05. The molecule has 150 valence electrons. The Hall–Kier alpha value is -1.37. The number of carbonyl (C=O) groups is 2. The molecule has 4 nitrogen and oxygen atoms in total. The van der Waals surface area contributed by atoms with Gasteiger partial charge >= 0.3 is 0 Å². The Morgan fingerprint density at radius 2 is 1.96 bits per heavy atom. The van der Waals surface area contributed by atoms with Crippen molar-refractivity contribution in [3.63, 3.8) is 0 Å². The van der Waals surface area contributed by atoms with Gasteiger partial charge in [-0.05, 0) is 56.7 Å². The fraction of sp³-hybridized carbons (Fsp3) is 0.429. The van der Waals surface area contributed by atoms with Crippen molar-refractivity contribution >= 4 is 44.8 Å². The SMILES string of the molecule is C=C(C)CCSC1=C(C(=O)c2ccc(S(C)(=O)=O)cc2Cl)C(=O)[C@H]2CC[C@@H]1C2. The van der Waals surface area contributed by atoms with E-state index in [9.17, 15) is 18.0 Å². The smallest absolute Gasteiger partial charge is 0.198 e. The maximum atomic E-state index is 13.3. The van der Waals surface area contributed by atoms with Crippen molar-refractivity contribution in [3.05, 3.63) is 51.4 Å². The highest BCUT2D eigenvalue weighted by Crippen LogP contribution is 2.48. The third-order valence-corrected chi connectivity index (χ3v) is 7.97.